The van der Waals surface area contributed by atoms with Gasteiger partial charge in [0.05, 0.1) is 0 Å². The predicted octanol–water partition coefficient (Wildman–Crippen LogP) is 1.93. The van der Waals surface area contributed by atoms with Gasteiger partial charge >= 0.3 is 0 Å². The van der Waals surface area contributed by atoms with Crippen LogP contribution in [0.15, 0.2) is 24.3 Å². The number of carbonyl (C=O) groups is 1. The number of rotatable bonds is 6. The lowest BCUT2D eigenvalue weighted by molar-refractivity contribution is 0.0952. The van der Waals surface area contributed by atoms with Gasteiger partial charge in [-0.2, -0.15) is 0 Å². The Balaban J connectivity index is 2.40. The van der Waals surface area contributed by atoms with Crippen molar-refractivity contribution in [3.63, 3.8) is 0 Å². The summed E-state index contributed by atoms with van der Waals surface area (Å²) in [4.78, 5) is 11.6. The van der Waals surface area contributed by atoms with E-state index in [1.165, 1.54) is 0 Å². The molecule has 88 valence electrons. The van der Waals surface area contributed by atoms with Gasteiger partial charge in [0.15, 0.2) is 0 Å². The lowest BCUT2D eigenvalue weighted by atomic mass is 10.1. The molecule has 0 aliphatic heterocycles. The van der Waals surface area contributed by atoms with Gasteiger partial charge in [0.25, 0.3) is 5.91 Å². The van der Waals surface area contributed by atoms with Crippen LogP contribution in [-0.2, 0) is 5.88 Å². The molecule has 0 bridgehead atoms. The largest absolute Gasteiger partial charge is 0.396 e. The standard InChI is InChI=1S/C12H16ClNO2/c13-9-10-3-5-11(6-4-10)12(16)14-7-1-2-8-15/h3-6,15H,1-2,7-9H2,(H,14,16). The van der Waals surface area contributed by atoms with Crippen molar-refractivity contribution in [1.82, 2.24) is 5.32 Å². The monoisotopic (exact) mass is 241 g/mol. The summed E-state index contributed by atoms with van der Waals surface area (Å²) in [6.45, 7) is 0.761. The molecule has 0 aliphatic rings. The number of unbranched alkanes of at least 4 members (excludes halogenated alkanes) is 1. The molecule has 1 aromatic carbocycles. The number of amides is 1. The maximum atomic E-state index is 11.6. The van der Waals surface area contributed by atoms with E-state index in [4.69, 9.17) is 16.7 Å². The maximum absolute atomic E-state index is 11.6. The average molecular weight is 242 g/mol. The third kappa shape index (κ3) is 4.21. The first-order valence-electron chi connectivity index (χ1n) is 5.32. The van der Waals surface area contributed by atoms with Gasteiger partial charge in [-0.15, -0.1) is 11.6 Å². The summed E-state index contributed by atoms with van der Waals surface area (Å²) in [5.74, 6) is 0.373. The van der Waals surface area contributed by atoms with Crippen LogP contribution >= 0.6 is 11.6 Å². The number of halogens is 1. The van der Waals surface area contributed by atoms with Crippen LogP contribution < -0.4 is 5.32 Å². The van der Waals surface area contributed by atoms with Crippen molar-refractivity contribution >= 4 is 17.5 Å². The number of nitrogens with one attached hydrogen (secondary N) is 1. The second-order valence-electron chi connectivity index (χ2n) is 3.52. The van der Waals surface area contributed by atoms with E-state index in [-0.39, 0.29) is 12.5 Å². The quantitative estimate of drug-likeness (QED) is 0.591. The number of benzene rings is 1. The Morgan fingerprint density at radius 3 is 2.50 bits per heavy atom. The zero-order valence-electron chi connectivity index (χ0n) is 9.08. The van der Waals surface area contributed by atoms with E-state index in [9.17, 15) is 4.79 Å². The molecule has 3 nitrogen and oxygen atoms in total. The first-order chi connectivity index (χ1) is 7.77. The van der Waals surface area contributed by atoms with Crippen molar-refractivity contribution in [2.45, 2.75) is 18.7 Å². The lowest BCUT2D eigenvalue weighted by Crippen LogP contribution is -2.24. The van der Waals surface area contributed by atoms with Gasteiger partial charge < -0.3 is 10.4 Å². The molecule has 0 heterocycles. The van der Waals surface area contributed by atoms with E-state index in [0.29, 0.717) is 24.4 Å². The highest BCUT2D eigenvalue weighted by molar-refractivity contribution is 6.17. The minimum Gasteiger partial charge on any atom is -0.396 e. The van der Waals surface area contributed by atoms with Crippen LogP contribution in [0.1, 0.15) is 28.8 Å². The van der Waals surface area contributed by atoms with Gasteiger partial charge in [-0.25, -0.2) is 0 Å². The van der Waals surface area contributed by atoms with Gasteiger partial charge in [-0.1, -0.05) is 12.1 Å². The van der Waals surface area contributed by atoms with Crippen LogP contribution in [-0.4, -0.2) is 24.2 Å². The van der Waals surface area contributed by atoms with Gasteiger partial charge in [-0.05, 0) is 30.5 Å². The van der Waals surface area contributed by atoms with E-state index in [2.05, 4.69) is 5.32 Å². The highest BCUT2D eigenvalue weighted by Gasteiger charge is 2.03. The fraction of sp³-hybridized carbons (Fsp3) is 0.417. The van der Waals surface area contributed by atoms with E-state index < -0.39 is 0 Å². The van der Waals surface area contributed by atoms with Crippen molar-refractivity contribution in [3.05, 3.63) is 35.4 Å². The molecule has 0 aliphatic carbocycles. The fourth-order valence-corrected chi connectivity index (χ4v) is 1.46. The number of hydrogen-bond donors (Lipinski definition) is 2. The molecule has 1 amide bonds. The molecule has 0 unspecified atom stereocenters. The lowest BCUT2D eigenvalue weighted by Gasteiger charge is -2.04. The molecule has 0 saturated carbocycles. The predicted molar refractivity (Wildman–Crippen MR) is 64.7 cm³/mol. The molecule has 16 heavy (non-hydrogen) atoms. The molecule has 0 fully saturated rings. The highest BCUT2D eigenvalue weighted by atomic mass is 35.5. The second kappa shape index (κ2) is 7.25. The zero-order chi connectivity index (χ0) is 11.8. The number of carbonyl (C=O) groups excluding carboxylic acids is 1. The third-order valence-corrected chi connectivity index (χ3v) is 2.55. The molecule has 0 saturated heterocycles. The minimum atomic E-state index is -0.0842. The molecule has 0 radical (unpaired) electrons. The number of aliphatic hydroxyl groups excluding tert-OH is 1. The summed E-state index contributed by atoms with van der Waals surface area (Å²) >= 11 is 5.65. The van der Waals surface area contributed by atoms with E-state index in [1.807, 2.05) is 12.1 Å². The first kappa shape index (κ1) is 13.0. The van der Waals surface area contributed by atoms with Crippen molar-refractivity contribution in [1.29, 1.82) is 0 Å². The van der Waals surface area contributed by atoms with Crippen LogP contribution in [0.25, 0.3) is 0 Å². The Morgan fingerprint density at radius 1 is 1.25 bits per heavy atom. The highest BCUT2D eigenvalue weighted by Crippen LogP contribution is 2.06. The molecule has 1 aromatic rings. The summed E-state index contributed by atoms with van der Waals surface area (Å²) in [6.07, 6.45) is 1.51. The SMILES string of the molecule is O=C(NCCCCO)c1ccc(CCl)cc1. The average Bonchev–Trinajstić information content (AvgIpc) is 2.34. The minimum absolute atomic E-state index is 0.0842. The molecular formula is C12H16ClNO2. The maximum Gasteiger partial charge on any atom is 0.251 e. The van der Waals surface area contributed by atoms with Crippen molar-refractivity contribution < 1.29 is 9.90 Å². The van der Waals surface area contributed by atoms with Crippen LogP contribution in [0.2, 0.25) is 0 Å². The molecule has 0 spiro atoms. The molecular weight excluding hydrogens is 226 g/mol. The van der Waals surface area contributed by atoms with Crippen LogP contribution in [0.4, 0.5) is 0 Å². The Bertz CT molecular complexity index is 324. The summed E-state index contributed by atoms with van der Waals surface area (Å²) < 4.78 is 0. The van der Waals surface area contributed by atoms with Crippen LogP contribution in [0.3, 0.4) is 0 Å². The summed E-state index contributed by atoms with van der Waals surface area (Å²) in [5, 5.41) is 11.4. The number of alkyl halides is 1. The van der Waals surface area contributed by atoms with Crippen molar-refractivity contribution in [3.8, 4) is 0 Å². The van der Waals surface area contributed by atoms with Crippen LogP contribution in [0.5, 0.6) is 0 Å². The Kier molecular flexibility index (Phi) is 5.90. The molecule has 1 rings (SSSR count). The topological polar surface area (TPSA) is 49.3 Å². The van der Waals surface area contributed by atoms with Crippen molar-refractivity contribution in [2.75, 3.05) is 13.2 Å². The summed E-state index contributed by atoms with van der Waals surface area (Å²) in [7, 11) is 0. The van der Waals surface area contributed by atoms with Crippen LogP contribution in [0, 0.1) is 0 Å². The molecule has 2 N–H and O–H groups in total. The second-order valence-corrected chi connectivity index (χ2v) is 3.78. The Labute approximate surface area is 100 Å². The normalized spacial score (nSPS) is 10.1. The smallest absolute Gasteiger partial charge is 0.251 e. The Hall–Kier alpha value is -1.06. The van der Waals surface area contributed by atoms with E-state index >= 15 is 0 Å². The third-order valence-electron chi connectivity index (χ3n) is 2.24. The number of aliphatic hydroxyl groups is 1. The number of hydrogen-bond acceptors (Lipinski definition) is 2. The summed E-state index contributed by atoms with van der Waals surface area (Å²) in [5.41, 5.74) is 1.64. The van der Waals surface area contributed by atoms with Crippen molar-refractivity contribution in [2.24, 2.45) is 0 Å². The van der Waals surface area contributed by atoms with Gasteiger partial charge in [0, 0.05) is 24.6 Å². The van der Waals surface area contributed by atoms with Gasteiger partial charge in [0.1, 0.15) is 0 Å². The fourth-order valence-electron chi connectivity index (χ4n) is 1.29. The van der Waals surface area contributed by atoms with Gasteiger partial charge in [0.2, 0.25) is 0 Å². The van der Waals surface area contributed by atoms with E-state index in [0.717, 1.165) is 12.0 Å². The summed E-state index contributed by atoms with van der Waals surface area (Å²) in [6, 6.07) is 7.21. The van der Waals surface area contributed by atoms with Gasteiger partial charge in [-0.3, -0.25) is 4.79 Å². The first-order valence-corrected chi connectivity index (χ1v) is 5.85. The molecule has 4 heteroatoms. The molecule has 0 aromatic heterocycles. The van der Waals surface area contributed by atoms with E-state index in [1.54, 1.807) is 12.1 Å². The Morgan fingerprint density at radius 2 is 1.94 bits per heavy atom. The zero-order valence-corrected chi connectivity index (χ0v) is 9.83. The molecule has 0 atom stereocenters.